The summed E-state index contributed by atoms with van der Waals surface area (Å²) in [6.07, 6.45) is 7.26. The van der Waals surface area contributed by atoms with Crippen LogP contribution in [0.3, 0.4) is 0 Å². The number of hydrogen-bond acceptors (Lipinski definition) is 2. The molecule has 0 N–H and O–H groups in total. The maximum Gasteiger partial charge on any atom is 0.163 e. The number of rotatable bonds is 11. The van der Waals surface area contributed by atoms with Crippen molar-refractivity contribution < 1.29 is 9.59 Å². The highest BCUT2D eigenvalue weighted by molar-refractivity contribution is 6.27. The van der Waals surface area contributed by atoms with Crippen LogP contribution < -0.4 is 0 Å². The molecule has 0 aromatic heterocycles. The summed E-state index contributed by atoms with van der Waals surface area (Å²) in [6, 6.07) is 38.3. The van der Waals surface area contributed by atoms with E-state index in [-0.39, 0.29) is 11.6 Å². The Labute approximate surface area is 257 Å². The molecule has 0 atom stereocenters. The second kappa shape index (κ2) is 11.0. The van der Waals surface area contributed by atoms with Crippen molar-refractivity contribution in [3.05, 3.63) is 120 Å². The molecule has 0 aliphatic heterocycles. The van der Waals surface area contributed by atoms with Gasteiger partial charge in [0.1, 0.15) is 0 Å². The van der Waals surface area contributed by atoms with E-state index < -0.39 is 0 Å². The van der Waals surface area contributed by atoms with Gasteiger partial charge < -0.3 is 0 Å². The molecule has 2 heteroatoms. The van der Waals surface area contributed by atoms with Gasteiger partial charge in [-0.05, 0) is 89.6 Å². The van der Waals surface area contributed by atoms with Crippen molar-refractivity contribution in [2.75, 3.05) is 0 Å². The molecule has 44 heavy (non-hydrogen) atoms. The lowest BCUT2D eigenvalue weighted by Crippen LogP contribution is -2.01. The summed E-state index contributed by atoms with van der Waals surface area (Å²) in [4.78, 5) is 26.4. The quantitative estimate of drug-likeness (QED) is 0.0880. The lowest BCUT2D eigenvalue weighted by atomic mass is 9.90. The number of Topliss-reactive ketones (excluding diaryl/α,β-unsaturated/α-hetero) is 2. The summed E-state index contributed by atoms with van der Waals surface area (Å²) in [6.45, 7) is 0. The van der Waals surface area contributed by atoms with Gasteiger partial charge in [0.15, 0.2) is 11.6 Å². The molecule has 214 valence electrons. The second-order valence-corrected chi connectivity index (χ2v) is 12.4. The number of carbonyl (C=O) groups is 2. The Balaban J connectivity index is 0.838. The predicted octanol–water partition coefficient (Wildman–Crippen LogP) is 11.7. The first-order chi connectivity index (χ1) is 21.7. The van der Waals surface area contributed by atoms with Crippen LogP contribution in [0.1, 0.15) is 72.1 Å². The van der Waals surface area contributed by atoms with Gasteiger partial charge in [-0.3, -0.25) is 9.59 Å². The van der Waals surface area contributed by atoms with Gasteiger partial charge in [-0.1, -0.05) is 123 Å². The summed E-state index contributed by atoms with van der Waals surface area (Å²) in [5.41, 5.74) is 1.67. The molecule has 8 aromatic rings. The van der Waals surface area contributed by atoms with E-state index in [1.54, 1.807) is 0 Å². The molecular weight excluding hydrogens is 536 g/mol. The zero-order chi connectivity index (χ0) is 29.6. The number of unbranched alkanes of at least 4 members (excludes halogenated alkanes) is 5. The highest BCUT2D eigenvalue weighted by Crippen LogP contribution is 2.37. The maximum absolute atomic E-state index is 13.3. The van der Waals surface area contributed by atoms with Crippen LogP contribution in [0, 0.1) is 0 Å². The van der Waals surface area contributed by atoms with E-state index in [1.807, 2.05) is 6.07 Å². The topological polar surface area (TPSA) is 34.1 Å². The van der Waals surface area contributed by atoms with Gasteiger partial charge in [0, 0.05) is 24.0 Å². The Morgan fingerprint density at radius 1 is 0.386 bits per heavy atom. The number of ketones is 2. The summed E-state index contributed by atoms with van der Waals surface area (Å²) >= 11 is 0. The molecule has 0 aliphatic rings. The minimum absolute atomic E-state index is 0.231. The fourth-order valence-electron chi connectivity index (χ4n) is 7.45. The normalized spacial score (nSPS) is 12.1. The van der Waals surface area contributed by atoms with Crippen LogP contribution in [0.15, 0.2) is 109 Å². The fourth-order valence-corrected chi connectivity index (χ4v) is 7.45. The molecule has 8 aromatic carbocycles. The van der Waals surface area contributed by atoms with E-state index in [1.165, 1.54) is 48.5 Å². The molecule has 0 bridgehead atoms. The van der Waals surface area contributed by atoms with E-state index in [2.05, 4.69) is 103 Å². The summed E-state index contributed by atoms with van der Waals surface area (Å²) in [5.74, 6) is 0.469. The summed E-state index contributed by atoms with van der Waals surface area (Å²) in [7, 11) is 0. The lowest BCUT2D eigenvalue weighted by Gasteiger charge is -2.13. The Kier molecular flexibility index (Phi) is 6.71. The van der Waals surface area contributed by atoms with Gasteiger partial charge >= 0.3 is 0 Å². The van der Waals surface area contributed by atoms with Crippen molar-refractivity contribution in [1.29, 1.82) is 0 Å². The number of hydrogen-bond donors (Lipinski definition) is 0. The largest absolute Gasteiger partial charge is 0.294 e. The first kappa shape index (κ1) is 26.8. The van der Waals surface area contributed by atoms with Crippen LogP contribution in [0.5, 0.6) is 0 Å². The van der Waals surface area contributed by atoms with E-state index in [0.717, 1.165) is 65.8 Å². The summed E-state index contributed by atoms with van der Waals surface area (Å²) in [5, 5.41) is 14.5. The second-order valence-electron chi connectivity index (χ2n) is 12.4. The first-order valence-corrected chi connectivity index (χ1v) is 16.1. The molecule has 0 saturated heterocycles. The van der Waals surface area contributed by atoms with E-state index in [4.69, 9.17) is 0 Å². The van der Waals surface area contributed by atoms with Gasteiger partial charge in [0.05, 0.1) is 0 Å². The third-order valence-electron chi connectivity index (χ3n) is 9.67. The Hall–Kier alpha value is -4.82. The van der Waals surface area contributed by atoms with Crippen molar-refractivity contribution in [1.82, 2.24) is 0 Å². The van der Waals surface area contributed by atoms with Gasteiger partial charge in [-0.2, -0.15) is 0 Å². The zero-order valence-corrected chi connectivity index (χ0v) is 24.9. The maximum atomic E-state index is 13.3. The molecule has 0 aliphatic carbocycles. The van der Waals surface area contributed by atoms with Crippen molar-refractivity contribution in [3.8, 4) is 0 Å². The highest BCUT2D eigenvalue weighted by atomic mass is 16.1. The number of carbonyl (C=O) groups excluding carboxylic acids is 2. The lowest BCUT2D eigenvalue weighted by molar-refractivity contribution is 0.0970. The van der Waals surface area contributed by atoms with Crippen LogP contribution >= 0.6 is 0 Å². The van der Waals surface area contributed by atoms with E-state index in [0.29, 0.717) is 12.8 Å². The third kappa shape index (κ3) is 4.57. The van der Waals surface area contributed by atoms with Crippen molar-refractivity contribution in [3.63, 3.8) is 0 Å². The Bertz CT molecular complexity index is 2250. The predicted molar refractivity (Wildman–Crippen MR) is 186 cm³/mol. The van der Waals surface area contributed by atoms with Crippen LogP contribution in [0.2, 0.25) is 0 Å². The Morgan fingerprint density at radius 2 is 0.795 bits per heavy atom. The molecule has 0 unspecified atom stereocenters. The smallest absolute Gasteiger partial charge is 0.163 e. The third-order valence-corrected chi connectivity index (χ3v) is 9.67. The molecule has 0 fully saturated rings. The molecule has 0 amide bonds. The monoisotopic (exact) mass is 570 g/mol. The average molecular weight is 571 g/mol. The average Bonchev–Trinajstić information content (AvgIpc) is 3.06. The summed E-state index contributed by atoms with van der Waals surface area (Å²) < 4.78 is 0. The highest BCUT2D eigenvalue weighted by Gasteiger charge is 2.15. The van der Waals surface area contributed by atoms with E-state index >= 15 is 0 Å². The molecule has 8 rings (SSSR count). The van der Waals surface area contributed by atoms with Gasteiger partial charge in [0.2, 0.25) is 0 Å². The van der Waals surface area contributed by atoms with Gasteiger partial charge in [0.25, 0.3) is 0 Å². The standard InChI is InChI=1S/C42H34O2/c43-37(34-25-32-19-17-27-9-7-10-28-18-20-33(26-34)41(32)39(27)28)13-5-3-1-2-4-6-14-38(44)35-23-21-31-16-15-29-11-8-12-30-22-24-36(35)42(31)40(29)30/h7-12,15-26H,1-6,13-14H2. The van der Waals surface area contributed by atoms with E-state index in [9.17, 15) is 9.59 Å². The molecular formula is C42H34O2. The molecule has 0 radical (unpaired) electrons. The molecule has 0 spiro atoms. The number of benzene rings is 8. The molecule has 0 heterocycles. The van der Waals surface area contributed by atoms with Crippen LogP contribution in [0.4, 0.5) is 0 Å². The minimum atomic E-state index is 0.231. The SMILES string of the molecule is O=C(CCCCCCCCC(=O)c1ccc2ccc3cccc4ccc1c2c34)c1cc2ccc3cccc4ccc(c1)c2c34. The first-order valence-electron chi connectivity index (χ1n) is 16.1. The van der Waals surface area contributed by atoms with Crippen molar-refractivity contribution in [2.24, 2.45) is 0 Å². The van der Waals surface area contributed by atoms with Crippen molar-refractivity contribution >= 4 is 76.2 Å². The van der Waals surface area contributed by atoms with Gasteiger partial charge in [-0.15, -0.1) is 0 Å². The zero-order valence-electron chi connectivity index (χ0n) is 24.9. The van der Waals surface area contributed by atoms with Crippen LogP contribution in [-0.2, 0) is 0 Å². The van der Waals surface area contributed by atoms with Crippen molar-refractivity contribution in [2.45, 2.75) is 51.4 Å². The van der Waals surface area contributed by atoms with Crippen LogP contribution in [0.25, 0.3) is 64.6 Å². The molecule has 2 nitrogen and oxygen atoms in total. The molecule has 0 saturated carbocycles. The minimum Gasteiger partial charge on any atom is -0.294 e. The van der Waals surface area contributed by atoms with Gasteiger partial charge in [-0.25, -0.2) is 0 Å². The fraction of sp³-hybridized carbons (Fsp3) is 0.190. The van der Waals surface area contributed by atoms with Crippen LogP contribution in [-0.4, -0.2) is 11.6 Å². The Morgan fingerprint density at radius 3 is 1.39 bits per heavy atom.